The van der Waals surface area contributed by atoms with Crippen LogP contribution in [0.4, 0.5) is 4.39 Å². The molecular weight excluding hydrogens is 221 g/mol. The zero-order chi connectivity index (χ0) is 12.1. The van der Waals surface area contributed by atoms with E-state index in [0.29, 0.717) is 13.2 Å². The van der Waals surface area contributed by atoms with Gasteiger partial charge in [0.2, 0.25) is 0 Å². The van der Waals surface area contributed by atoms with Crippen molar-refractivity contribution in [1.82, 2.24) is 5.32 Å². The Morgan fingerprint density at radius 2 is 2.12 bits per heavy atom. The monoisotopic (exact) mass is 235 g/mol. The molecule has 0 aliphatic heterocycles. The van der Waals surface area contributed by atoms with Crippen LogP contribution >= 0.6 is 0 Å². The third-order valence-corrected chi connectivity index (χ3v) is 2.39. The van der Waals surface area contributed by atoms with Crippen LogP contribution in [-0.4, -0.2) is 7.05 Å². The Hall–Kier alpha value is -1.81. The van der Waals surface area contributed by atoms with Gasteiger partial charge >= 0.3 is 0 Å². The normalized spacial score (nSPS) is 10.5. The number of hydrogen-bond donors (Lipinski definition) is 1. The molecule has 0 atom stereocenters. The van der Waals surface area contributed by atoms with Gasteiger partial charge in [-0.15, -0.1) is 0 Å². The minimum Gasteiger partial charge on any atom is -0.486 e. The third-order valence-electron chi connectivity index (χ3n) is 2.39. The minimum atomic E-state index is -0.355. The second kappa shape index (κ2) is 5.50. The van der Waals surface area contributed by atoms with E-state index in [1.165, 1.54) is 6.07 Å². The van der Waals surface area contributed by atoms with E-state index < -0.39 is 0 Å². The van der Waals surface area contributed by atoms with Gasteiger partial charge in [-0.1, -0.05) is 12.1 Å². The predicted molar refractivity (Wildman–Crippen MR) is 62.2 cm³/mol. The highest BCUT2D eigenvalue weighted by atomic mass is 19.1. The molecule has 17 heavy (non-hydrogen) atoms. The Bertz CT molecular complexity index is 482. The Kier molecular flexibility index (Phi) is 3.77. The van der Waals surface area contributed by atoms with Crippen LogP contribution in [0.2, 0.25) is 0 Å². The molecule has 0 fully saturated rings. The molecule has 1 N–H and O–H groups in total. The zero-order valence-corrected chi connectivity index (χ0v) is 9.57. The van der Waals surface area contributed by atoms with E-state index in [-0.39, 0.29) is 11.6 Å². The van der Waals surface area contributed by atoms with Gasteiger partial charge in [-0.25, -0.2) is 4.39 Å². The third kappa shape index (κ3) is 2.85. The quantitative estimate of drug-likeness (QED) is 0.865. The highest BCUT2D eigenvalue weighted by Crippen LogP contribution is 2.18. The first-order valence-electron chi connectivity index (χ1n) is 5.38. The molecule has 0 aliphatic carbocycles. The van der Waals surface area contributed by atoms with Crippen molar-refractivity contribution in [2.75, 3.05) is 7.05 Å². The molecule has 1 aromatic carbocycles. The molecule has 0 radical (unpaired) electrons. The average molecular weight is 235 g/mol. The Morgan fingerprint density at radius 3 is 2.88 bits per heavy atom. The molecule has 0 unspecified atom stereocenters. The molecule has 4 heteroatoms. The summed E-state index contributed by atoms with van der Waals surface area (Å²) < 4.78 is 24.0. The lowest BCUT2D eigenvalue weighted by molar-refractivity contribution is 0.286. The van der Waals surface area contributed by atoms with Crippen LogP contribution in [0.1, 0.15) is 11.3 Å². The molecule has 0 amide bonds. The molecule has 0 saturated carbocycles. The Balaban J connectivity index is 2.02. The van der Waals surface area contributed by atoms with Gasteiger partial charge in [0, 0.05) is 5.56 Å². The molecule has 2 rings (SSSR count). The van der Waals surface area contributed by atoms with Gasteiger partial charge in [0.15, 0.2) is 11.6 Å². The van der Waals surface area contributed by atoms with Crippen LogP contribution in [-0.2, 0) is 13.2 Å². The summed E-state index contributed by atoms with van der Waals surface area (Å²) in [4.78, 5) is 0. The first-order valence-corrected chi connectivity index (χ1v) is 5.38. The fraction of sp³-hybridized carbons (Fsp3) is 0.231. The number of furan rings is 1. The smallest absolute Gasteiger partial charge is 0.165 e. The van der Waals surface area contributed by atoms with E-state index in [4.69, 9.17) is 9.15 Å². The van der Waals surface area contributed by atoms with E-state index >= 15 is 0 Å². The maximum atomic E-state index is 13.3. The van der Waals surface area contributed by atoms with Crippen molar-refractivity contribution >= 4 is 0 Å². The molecule has 0 bridgehead atoms. The predicted octanol–water partition coefficient (Wildman–Crippen LogP) is 2.72. The average Bonchev–Trinajstić information content (AvgIpc) is 2.76. The zero-order valence-electron chi connectivity index (χ0n) is 9.57. The second-order valence-corrected chi connectivity index (χ2v) is 3.62. The number of halogens is 1. The van der Waals surface area contributed by atoms with Crippen LogP contribution in [0.5, 0.6) is 5.75 Å². The van der Waals surface area contributed by atoms with Crippen molar-refractivity contribution in [1.29, 1.82) is 0 Å². The topological polar surface area (TPSA) is 34.4 Å². The fourth-order valence-corrected chi connectivity index (χ4v) is 1.53. The molecule has 3 nitrogen and oxygen atoms in total. The summed E-state index contributed by atoms with van der Waals surface area (Å²) in [7, 11) is 1.84. The summed E-state index contributed by atoms with van der Waals surface area (Å²) in [5.41, 5.74) is 0.919. The van der Waals surface area contributed by atoms with Gasteiger partial charge in [0.05, 0.1) is 12.8 Å². The summed E-state index contributed by atoms with van der Waals surface area (Å²) >= 11 is 0. The number of benzene rings is 1. The van der Waals surface area contributed by atoms with Gasteiger partial charge in [0.1, 0.15) is 12.4 Å². The molecular formula is C13H14FNO2. The van der Waals surface area contributed by atoms with Gasteiger partial charge in [-0.3, -0.25) is 0 Å². The van der Waals surface area contributed by atoms with Crippen LogP contribution in [0.3, 0.4) is 0 Å². The van der Waals surface area contributed by atoms with Gasteiger partial charge in [0.25, 0.3) is 0 Å². The van der Waals surface area contributed by atoms with Crippen molar-refractivity contribution in [3.63, 3.8) is 0 Å². The summed E-state index contributed by atoms with van der Waals surface area (Å²) in [6.45, 7) is 0.928. The molecule has 0 spiro atoms. The van der Waals surface area contributed by atoms with E-state index in [0.717, 1.165) is 11.3 Å². The van der Waals surface area contributed by atoms with E-state index in [2.05, 4.69) is 5.32 Å². The van der Waals surface area contributed by atoms with Crippen molar-refractivity contribution in [3.05, 3.63) is 53.7 Å². The maximum absolute atomic E-state index is 13.3. The molecule has 0 saturated heterocycles. The number of ether oxygens (including phenoxy) is 1. The maximum Gasteiger partial charge on any atom is 0.165 e. The molecule has 1 heterocycles. The van der Waals surface area contributed by atoms with Crippen molar-refractivity contribution in [3.8, 4) is 5.75 Å². The highest BCUT2D eigenvalue weighted by Gasteiger charge is 2.07. The van der Waals surface area contributed by atoms with Crippen LogP contribution in [0.15, 0.2) is 41.0 Å². The van der Waals surface area contributed by atoms with Crippen LogP contribution in [0, 0.1) is 5.82 Å². The summed E-state index contributed by atoms with van der Waals surface area (Å²) in [5, 5.41) is 3.00. The first kappa shape index (κ1) is 11.7. The lowest BCUT2D eigenvalue weighted by Gasteiger charge is -2.06. The van der Waals surface area contributed by atoms with Gasteiger partial charge in [-0.05, 0) is 25.2 Å². The minimum absolute atomic E-state index is 0.254. The molecule has 2 aromatic rings. The van der Waals surface area contributed by atoms with Crippen molar-refractivity contribution in [2.24, 2.45) is 0 Å². The summed E-state index contributed by atoms with van der Waals surface area (Å²) in [6.07, 6.45) is 1.60. The number of rotatable bonds is 5. The summed E-state index contributed by atoms with van der Waals surface area (Å²) in [6, 6.07) is 8.18. The van der Waals surface area contributed by atoms with E-state index in [1.807, 2.05) is 13.1 Å². The molecule has 1 aromatic heterocycles. The van der Waals surface area contributed by atoms with Crippen LogP contribution < -0.4 is 10.1 Å². The van der Waals surface area contributed by atoms with Gasteiger partial charge < -0.3 is 14.5 Å². The molecule has 90 valence electrons. The van der Waals surface area contributed by atoms with Gasteiger partial charge in [-0.2, -0.15) is 0 Å². The number of nitrogens with one attached hydrogen (secondary N) is 1. The van der Waals surface area contributed by atoms with Crippen molar-refractivity contribution < 1.29 is 13.5 Å². The molecule has 0 aliphatic rings. The SMILES string of the molecule is CNCc1occc1COc1ccccc1F. The van der Waals surface area contributed by atoms with Crippen molar-refractivity contribution in [2.45, 2.75) is 13.2 Å². The largest absolute Gasteiger partial charge is 0.486 e. The van der Waals surface area contributed by atoms with E-state index in [9.17, 15) is 4.39 Å². The summed E-state index contributed by atoms with van der Waals surface area (Å²) in [5.74, 6) is 0.708. The first-order chi connectivity index (χ1) is 8.31. The highest BCUT2D eigenvalue weighted by molar-refractivity contribution is 5.25. The number of hydrogen-bond acceptors (Lipinski definition) is 3. The number of para-hydroxylation sites is 1. The lowest BCUT2D eigenvalue weighted by atomic mass is 10.2. The fourth-order valence-electron chi connectivity index (χ4n) is 1.53. The second-order valence-electron chi connectivity index (χ2n) is 3.62. The Labute approximate surface area is 99.2 Å². The standard InChI is InChI=1S/C13H14FNO2/c1-15-8-13-10(6-7-16-13)9-17-12-5-3-2-4-11(12)14/h2-7,15H,8-9H2,1H3. The Morgan fingerprint density at radius 1 is 1.29 bits per heavy atom. The van der Waals surface area contributed by atoms with E-state index in [1.54, 1.807) is 24.5 Å². The van der Waals surface area contributed by atoms with Crippen LogP contribution in [0.25, 0.3) is 0 Å². The lowest BCUT2D eigenvalue weighted by Crippen LogP contribution is -2.07.